The van der Waals surface area contributed by atoms with Crippen molar-refractivity contribution in [2.45, 2.75) is 0 Å². The Balaban J connectivity index is 2.00. The van der Waals surface area contributed by atoms with Crippen LogP contribution >= 0.6 is 0 Å². The summed E-state index contributed by atoms with van der Waals surface area (Å²) in [7, 11) is 1.68. The first-order valence-corrected chi connectivity index (χ1v) is 9.34. The van der Waals surface area contributed by atoms with Gasteiger partial charge in [0.15, 0.2) is 0 Å². The minimum atomic E-state index is 0.178. The normalized spacial score (nSPS) is 14.2. The predicted molar refractivity (Wildman–Crippen MR) is 115 cm³/mol. The summed E-state index contributed by atoms with van der Waals surface area (Å²) in [5, 5.41) is 9.78. The standard InChI is InChI=1S/C26H22O2/c1-28-24-17-13-22(14-18-24)26(20-9-5-6-10-20)25(19-7-3-2-4-8-19)21-11-15-23(27)16-12-21/h2-18,20,27H,1H3/b26-25+. The highest BCUT2D eigenvalue weighted by atomic mass is 16.5. The number of allylic oxidation sites excluding steroid dienone is 5. The summed E-state index contributed by atoms with van der Waals surface area (Å²) in [5.74, 6) is 1.28. The number of ether oxygens (including phenoxy) is 1. The molecule has 1 aliphatic carbocycles. The summed E-state index contributed by atoms with van der Waals surface area (Å²) in [5.41, 5.74) is 5.75. The molecule has 0 heterocycles. The van der Waals surface area contributed by atoms with Crippen molar-refractivity contribution in [3.05, 3.63) is 120 Å². The van der Waals surface area contributed by atoms with Gasteiger partial charge in [-0.2, -0.15) is 0 Å². The van der Waals surface area contributed by atoms with Gasteiger partial charge in [0.2, 0.25) is 0 Å². The fraction of sp³-hybridized carbons (Fsp3) is 0.0769. The van der Waals surface area contributed by atoms with Crippen molar-refractivity contribution in [2.75, 3.05) is 7.11 Å². The quantitative estimate of drug-likeness (QED) is 0.553. The number of hydrogen-bond acceptors (Lipinski definition) is 2. The van der Waals surface area contributed by atoms with E-state index in [1.165, 1.54) is 5.57 Å². The number of rotatable bonds is 5. The minimum absolute atomic E-state index is 0.178. The molecule has 4 rings (SSSR count). The summed E-state index contributed by atoms with van der Waals surface area (Å²) >= 11 is 0. The van der Waals surface area contributed by atoms with Crippen molar-refractivity contribution in [3.63, 3.8) is 0 Å². The van der Waals surface area contributed by atoms with Crippen molar-refractivity contribution in [1.29, 1.82) is 0 Å². The van der Waals surface area contributed by atoms with E-state index in [1.54, 1.807) is 19.2 Å². The molecular weight excluding hydrogens is 344 g/mol. The Morgan fingerprint density at radius 1 is 0.714 bits per heavy atom. The second-order valence-corrected chi connectivity index (χ2v) is 6.73. The smallest absolute Gasteiger partial charge is 0.118 e. The third kappa shape index (κ3) is 3.63. The molecule has 0 aromatic heterocycles. The zero-order valence-corrected chi connectivity index (χ0v) is 15.7. The lowest BCUT2D eigenvalue weighted by atomic mass is 9.83. The SMILES string of the molecule is COc1ccc(/C(=C(\c2ccccc2)c2ccc(O)cc2)C2C=CC=C2)cc1. The average Bonchev–Trinajstić information content (AvgIpc) is 3.28. The monoisotopic (exact) mass is 366 g/mol. The van der Waals surface area contributed by atoms with E-state index in [9.17, 15) is 5.11 Å². The van der Waals surface area contributed by atoms with E-state index in [1.807, 2.05) is 30.3 Å². The maximum Gasteiger partial charge on any atom is 0.118 e. The van der Waals surface area contributed by atoms with Gasteiger partial charge in [-0.05, 0) is 52.1 Å². The number of phenols is 1. The summed E-state index contributed by atoms with van der Waals surface area (Å²) in [4.78, 5) is 0. The van der Waals surface area contributed by atoms with Crippen LogP contribution in [0.15, 0.2) is 103 Å². The van der Waals surface area contributed by atoms with Gasteiger partial charge in [0.1, 0.15) is 11.5 Å². The van der Waals surface area contributed by atoms with E-state index in [0.717, 1.165) is 28.0 Å². The molecule has 0 unspecified atom stereocenters. The summed E-state index contributed by atoms with van der Waals surface area (Å²) < 4.78 is 5.35. The highest BCUT2D eigenvalue weighted by molar-refractivity contribution is 6.00. The van der Waals surface area contributed by atoms with Crippen LogP contribution in [-0.4, -0.2) is 12.2 Å². The molecule has 0 atom stereocenters. The van der Waals surface area contributed by atoms with Gasteiger partial charge in [-0.1, -0.05) is 78.9 Å². The van der Waals surface area contributed by atoms with Gasteiger partial charge in [0.05, 0.1) is 7.11 Å². The third-order valence-electron chi connectivity index (χ3n) is 4.97. The zero-order valence-electron chi connectivity index (χ0n) is 15.7. The number of aromatic hydroxyl groups is 1. The Morgan fingerprint density at radius 2 is 1.29 bits per heavy atom. The van der Waals surface area contributed by atoms with E-state index >= 15 is 0 Å². The number of hydrogen-bond donors (Lipinski definition) is 1. The van der Waals surface area contributed by atoms with Crippen LogP contribution in [0, 0.1) is 5.92 Å². The summed E-state index contributed by atoms with van der Waals surface area (Å²) in [6, 6.07) is 26.1. The molecule has 1 aliphatic rings. The Morgan fingerprint density at radius 3 is 1.89 bits per heavy atom. The van der Waals surface area contributed by atoms with E-state index in [4.69, 9.17) is 4.74 Å². The molecule has 3 aromatic rings. The van der Waals surface area contributed by atoms with Crippen LogP contribution in [0.3, 0.4) is 0 Å². The van der Waals surface area contributed by atoms with Crippen molar-refractivity contribution < 1.29 is 9.84 Å². The predicted octanol–water partition coefficient (Wildman–Crippen LogP) is 6.10. The molecule has 1 N–H and O–H groups in total. The lowest BCUT2D eigenvalue weighted by molar-refractivity contribution is 0.415. The molecule has 0 spiro atoms. The first kappa shape index (κ1) is 17.9. The molecular formula is C26H22O2. The Bertz CT molecular complexity index is 1010. The summed E-state index contributed by atoms with van der Waals surface area (Å²) in [6.45, 7) is 0. The number of phenolic OH excluding ortho intramolecular Hbond substituents is 1. The molecule has 0 radical (unpaired) electrons. The van der Waals surface area contributed by atoms with Crippen LogP contribution < -0.4 is 4.74 Å². The van der Waals surface area contributed by atoms with E-state index in [0.29, 0.717) is 0 Å². The van der Waals surface area contributed by atoms with Gasteiger partial charge in [-0.3, -0.25) is 0 Å². The second-order valence-electron chi connectivity index (χ2n) is 6.73. The lowest BCUT2D eigenvalue weighted by Gasteiger charge is -2.21. The molecule has 0 bridgehead atoms. The van der Waals surface area contributed by atoms with Crippen LogP contribution in [0.1, 0.15) is 16.7 Å². The molecule has 0 aliphatic heterocycles. The highest BCUT2D eigenvalue weighted by Gasteiger charge is 2.20. The van der Waals surface area contributed by atoms with Crippen molar-refractivity contribution in [2.24, 2.45) is 5.92 Å². The third-order valence-corrected chi connectivity index (χ3v) is 4.97. The van der Waals surface area contributed by atoms with Gasteiger partial charge >= 0.3 is 0 Å². The number of methoxy groups -OCH3 is 1. The maximum absolute atomic E-state index is 9.78. The maximum atomic E-state index is 9.78. The van der Waals surface area contributed by atoms with Gasteiger partial charge < -0.3 is 9.84 Å². The molecule has 0 saturated carbocycles. The van der Waals surface area contributed by atoms with Gasteiger partial charge in [0, 0.05) is 5.92 Å². The average molecular weight is 366 g/mol. The van der Waals surface area contributed by atoms with Crippen LogP contribution in [0.4, 0.5) is 0 Å². The van der Waals surface area contributed by atoms with Crippen LogP contribution in [-0.2, 0) is 0 Å². The van der Waals surface area contributed by atoms with E-state index in [2.05, 4.69) is 60.7 Å². The van der Waals surface area contributed by atoms with Crippen LogP contribution in [0.25, 0.3) is 11.1 Å². The molecule has 3 aromatic carbocycles. The highest BCUT2D eigenvalue weighted by Crippen LogP contribution is 2.39. The molecule has 2 nitrogen and oxygen atoms in total. The molecule has 0 saturated heterocycles. The number of benzene rings is 3. The molecule has 138 valence electrons. The van der Waals surface area contributed by atoms with Crippen LogP contribution in [0.5, 0.6) is 11.5 Å². The fourth-order valence-corrected chi connectivity index (χ4v) is 3.61. The van der Waals surface area contributed by atoms with E-state index in [-0.39, 0.29) is 11.7 Å². The first-order valence-electron chi connectivity index (χ1n) is 9.34. The summed E-state index contributed by atoms with van der Waals surface area (Å²) in [6.07, 6.45) is 8.60. The largest absolute Gasteiger partial charge is 0.508 e. The fourth-order valence-electron chi connectivity index (χ4n) is 3.61. The zero-order chi connectivity index (χ0) is 19.3. The molecule has 0 fully saturated rings. The topological polar surface area (TPSA) is 29.5 Å². The molecule has 2 heteroatoms. The molecule has 28 heavy (non-hydrogen) atoms. The van der Waals surface area contributed by atoms with Gasteiger partial charge in [-0.25, -0.2) is 0 Å². The second kappa shape index (κ2) is 8.01. The lowest BCUT2D eigenvalue weighted by Crippen LogP contribution is -2.02. The first-order chi connectivity index (χ1) is 13.8. The van der Waals surface area contributed by atoms with Crippen molar-refractivity contribution in [1.82, 2.24) is 0 Å². The van der Waals surface area contributed by atoms with Crippen molar-refractivity contribution in [3.8, 4) is 11.5 Å². The van der Waals surface area contributed by atoms with E-state index < -0.39 is 0 Å². The van der Waals surface area contributed by atoms with Gasteiger partial charge in [0.25, 0.3) is 0 Å². The van der Waals surface area contributed by atoms with Crippen molar-refractivity contribution >= 4 is 11.1 Å². The minimum Gasteiger partial charge on any atom is -0.508 e. The Labute approximate surface area is 165 Å². The van der Waals surface area contributed by atoms with Gasteiger partial charge in [-0.15, -0.1) is 0 Å². The van der Waals surface area contributed by atoms with Crippen LogP contribution in [0.2, 0.25) is 0 Å². The Kier molecular flexibility index (Phi) is 5.11. The molecule has 0 amide bonds. The Hall–Kier alpha value is -3.52.